The van der Waals surface area contributed by atoms with Gasteiger partial charge in [-0.3, -0.25) is 9.59 Å². The highest BCUT2D eigenvalue weighted by molar-refractivity contribution is 6.00. The molecule has 1 aliphatic heterocycles. The molecule has 2 rings (SSSR count). The van der Waals surface area contributed by atoms with Crippen LogP contribution in [0.5, 0.6) is 0 Å². The van der Waals surface area contributed by atoms with Crippen molar-refractivity contribution in [2.45, 2.75) is 57.5 Å². The summed E-state index contributed by atoms with van der Waals surface area (Å²) in [7, 11) is 1.63. The lowest BCUT2D eigenvalue weighted by atomic mass is 9.86. The number of rotatable bonds is 5. The van der Waals surface area contributed by atoms with Gasteiger partial charge in [-0.15, -0.1) is 0 Å². The molecular formula is C15H26N2O3. The van der Waals surface area contributed by atoms with Gasteiger partial charge in [0.05, 0.1) is 6.61 Å². The van der Waals surface area contributed by atoms with Gasteiger partial charge >= 0.3 is 0 Å². The maximum absolute atomic E-state index is 12.8. The number of carbonyl (C=O) groups is 2. The van der Waals surface area contributed by atoms with Crippen LogP contribution in [0.3, 0.4) is 0 Å². The summed E-state index contributed by atoms with van der Waals surface area (Å²) in [6, 6.07) is -0.379. The second-order valence-corrected chi connectivity index (χ2v) is 6.06. The molecule has 2 atom stereocenters. The first-order chi connectivity index (χ1) is 9.56. The van der Waals surface area contributed by atoms with Crippen molar-refractivity contribution in [3.8, 4) is 0 Å². The van der Waals surface area contributed by atoms with E-state index in [1.54, 1.807) is 12.0 Å². The van der Waals surface area contributed by atoms with E-state index in [1.165, 1.54) is 0 Å². The molecule has 1 aliphatic carbocycles. The van der Waals surface area contributed by atoms with Crippen molar-refractivity contribution in [3.05, 3.63) is 0 Å². The van der Waals surface area contributed by atoms with Crippen LogP contribution in [0.15, 0.2) is 0 Å². The van der Waals surface area contributed by atoms with E-state index in [4.69, 9.17) is 4.74 Å². The van der Waals surface area contributed by atoms with E-state index in [2.05, 4.69) is 5.32 Å². The standard InChI is InChI=1S/C15H26N2O3/c1-4-11(2)12-13(18)17(9-10-20-3)15(14(19)16-12)7-5-6-8-15/h11-12H,4-10H2,1-3H3,(H,16,19). The molecule has 20 heavy (non-hydrogen) atoms. The SMILES string of the molecule is CCC(C)C1NC(=O)C2(CCCC2)N(CCOC)C1=O. The lowest BCUT2D eigenvalue weighted by Gasteiger charge is -2.47. The predicted molar refractivity (Wildman–Crippen MR) is 76.2 cm³/mol. The lowest BCUT2D eigenvalue weighted by molar-refractivity contribution is -0.159. The van der Waals surface area contributed by atoms with Crippen LogP contribution >= 0.6 is 0 Å². The summed E-state index contributed by atoms with van der Waals surface area (Å²) < 4.78 is 5.13. The fourth-order valence-electron chi connectivity index (χ4n) is 3.42. The fraction of sp³-hybridized carbons (Fsp3) is 0.867. The molecule has 1 spiro atoms. The number of nitrogens with zero attached hydrogens (tertiary/aromatic N) is 1. The van der Waals surface area contributed by atoms with Gasteiger partial charge in [0.1, 0.15) is 11.6 Å². The molecule has 1 saturated heterocycles. The Morgan fingerprint density at radius 2 is 2.05 bits per heavy atom. The molecule has 1 heterocycles. The average Bonchev–Trinajstić information content (AvgIpc) is 2.93. The van der Waals surface area contributed by atoms with Gasteiger partial charge in [0.15, 0.2) is 0 Å². The molecule has 1 saturated carbocycles. The Bertz CT molecular complexity index is 377. The van der Waals surface area contributed by atoms with Crippen molar-refractivity contribution < 1.29 is 14.3 Å². The van der Waals surface area contributed by atoms with E-state index in [-0.39, 0.29) is 23.8 Å². The molecule has 5 nitrogen and oxygen atoms in total. The summed E-state index contributed by atoms with van der Waals surface area (Å²) in [6.07, 6.45) is 4.46. The van der Waals surface area contributed by atoms with Crippen LogP contribution in [0.1, 0.15) is 46.0 Å². The molecule has 0 aromatic rings. The van der Waals surface area contributed by atoms with E-state index in [1.807, 2.05) is 13.8 Å². The topological polar surface area (TPSA) is 58.6 Å². The van der Waals surface area contributed by atoms with Gasteiger partial charge in [-0.25, -0.2) is 0 Å². The van der Waals surface area contributed by atoms with E-state index in [0.29, 0.717) is 13.2 Å². The predicted octanol–water partition coefficient (Wildman–Crippen LogP) is 1.32. The highest BCUT2D eigenvalue weighted by atomic mass is 16.5. The highest BCUT2D eigenvalue weighted by Crippen LogP contribution is 2.38. The van der Waals surface area contributed by atoms with E-state index in [0.717, 1.165) is 32.1 Å². The minimum Gasteiger partial charge on any atom is -0.383 e. The van der Waals surface area contributed by atoms with Gasteiger partial charge < -0.3 is 15.0 Å². The Balaban J connectivity index is 2.26. The number of ether oxygens (including phenoxy) is 1. The number of amides is 2. The molecule has 114 valence electrons. The summed E-state index contributed by atoms with van der Waals surface area (Å²) in [5, 5.41) is 2.99. The molecule has 0 radical (unpaired) electrons. The smallest absolute Gasteiger partial charge is 0.246 e. The van der Waals surface area contributed by atoms with Crippen LogP contribution < -0.4 is 5.32 Å². The fourth-order valence-corrected chi connectivity index (χ4v) is 3.42. The van der Waals surface area contributed by atoms with Crippen LogP contribution in [0, 0.1) is 5.92 Å². The average molecular weight is 282 g/mol. The maximum Gasteiger partial charge on any atom is 0.246 e. The number of methoxy groups -OCH3 is 1. The highest BCUT2D eigenvalue weighted by Gasteiger charge is 2.54. The van der Waals surface area contributed by atoms with Crippen molar-refractivity contribution in [1.29, 1.82) is 0 Å². The molecule has 2 fully saturated rings. The van der Waals surface area contributed by atoms with Crippen molar-refractivity contribution >= 4 is 11.8 Å². The Morgan fingerprint density at radius 3 is 2.60 bits per heavy atom. The summed E-state index contributed by atoms with van der Waals surface area (Å²) in [6.45, 7) is 5.05. The van der Waals surface area contributed by atoms with E-state index >= 15 is 0 Å². The summed E-state index contributed by atoms with van der Waals surface area (Å²) in [5.41, 5.74) is -0.612. The van der Waals surface area contributed by atoms with E-state index < -0.39 is 5.54 Å². The first-order valence-corrected chi connectivity index (χ1v) is 7.68. The largest absolute Gasteiger partial charge is 0.383 e. The third kappa shape index (κ3) is 2.43. The second-order valence-electron chi connectivity index (χ2n) is 6.06. The number of piperazine rings is 1. The van der Waals surface area contributed by atoms with Gasteiger partial charge in [-0.2, -0.15) is 0 Å². The maximum atomic E-state index is 12.8. The Morgan fingerprint density at radius 1 is 1.40 bits per heavy atom. The molecule has 2 aliphatic rings. The zero-order valence-electron chi connectivity index (χ0n) is 12.8. The molecule has 2 amide bonds. The minimum atomic E-state index is -0.612. The van der Waals surface area contributed by atoms with Crippen LogP contribution in [-0.2, 0) is 14.3 Å². The number of hydrogen-bond donors (Lipinski definition) is 1. The molecule has 5 heteroatoms. The van der Waals surface area contributed by atoms with Gasteiger partial charge in [0.2, 0.25) is 11.8 Å². The molecule has 0 aromatic carbocycles. The zero-order chi connectivity index (χ0) is 14.8. The molecule has 0 aromatic heterocycles. The number of nitrogens with one attached hydrogen (secondary N) is 1. The Hall–Kier alpha value is -1.10. The van der Waals surface area contributed by atoms with Gasteiger partial charge in [0.25, 0.3) is 0 Å². The lowest BCUT2D eigenvalue weighted by Crippen LogP contribution is -2.71. The minimum absolute atomic E-state index is 0.0380. The van der Waals surface area contributed by atoms with Crippen molar-refractivity contribution in [2.75, 3.05) is 20.3 Å². The van der Waals surface area contributed by atoms with Crippen molar-refractivity contribution in [3.63, 3.8) is 0 Å². The van der Waals surface area contributed by atoms with Crippen LogP contribution in [0.4, 0.5) is 0 Å². The van der Waals surface area contributed by atoms with Gasteiger partial charge in [0, 0.05) is 13.7 Å². The second kappa shape index (κ2) is 6.12. The van der Waals surface area contributed by atoms with Crippen LogP contribution in [0.25, 0.3) is 0 Å². The van der Waals surface area contributed by atoms with Gasteiger partial charge in [-0.1, -0.05) is 33.1 Å². The number of carbonyl (C=O) groups excluding carboxylic acids is 2. The summed E-state index contributed by atoms with van der Waals surface area (Å²) in [4.78, 5) is 27.2. The molecular weight excluding hydrogens is 256 g/mol. The molecule has 0 bridgehead atoms. The van der Waals surface area contributed by atoms with Crippen molar-refractivity contribution in [1.82, 2.24) is 10.2 Å². The van der Waals surface area contributed by atoms with Crippen LogP contribution in [0.2, 0.25) is 0 Å². The third-order valence-corrected chi connectivity index (χ3v) is 4.92. The van der Waals surface area contributed by atoms with E-state index in [9.17, 15) is 9.59 Å². The summed E-state index contributed by atoms with van der Waals surface area (Å²) >= 11 is 0. The first kappa shape index (κ1) is 15.3. The van der Waals surface area contributed by atoms with Crippen LogP contribution in [-0.4, -0.2) is 48.6 Å². The summed E-state index contributed by atoms with van der Waals surface area (Å²) in [5.74, 6) is 0.268. The van der Waals surface area contributed by atoms with Gasteiger partial charge in [-0.05, 0) is 18.8 Å². The first-order valence-electron chi connectivity index (χ1n) is 7.68. The quantitative estimate of drug-likeness (QED) is 0.827. The number of hydrogen-bond acceptors (Lipinski definition) is 3. The van der Waals surface area contributed by atoms with Crippen molar-refractivity contribution in [2.24, 2.45) is 5.92 Å². The zero-order valence-corrected chi connectivity index (χ0v) is 12.8. The normalized spacial score (nSPS) is 26.9. The Kier molecular flexibility index (Phi) is 4.68. The Labute approximate surface area is 121 Å². The monoisotopic (exact) mass is 282 g/mol. The third-order valence-electron chi connectivity index (χ3n) is 4.92. The molecule has 2 unspecified atom stereocenters. The molecule has 1 N–H and O–H groups in total.